The summed E-state index contributed by atoms with van der Waals surface area (Å²) in [5.41, 5.74) is 1.11. The minimum Gasteiger partial charge on any atom is -0.384 e. The van der Waals surface area contributed by atoms with Gasteiger partial charge in [-0.15, -0.1) is 11.3 Å². The number of aryl methyl sites for hydroxylation is 1. The maximum atomic E-state index is 4.92. The largest absolute Gasteiger partial charge is 0.384 e. The molecule has 0 N–H and O–H groups in total. The molecule has 1 rings (SSSR count). The van der Waals surface area contributed by atoms with Crippen molar-refractivity contribution in [3.8, 4) is 0 Å². The Kier molecular flexibility index (Phi) is 2.83. The Bertz CT molecular complexity index is 197. The van der Waals surface area contributed by atoms with Gasteiger partial charge in [-0.2, -0.15) is 0 Å². The van der Waals surface area contributed by atoms with Gasteiger partial charge in [0.05, 0.1) is 11.6 Å². The lowest BCUT2D eigenvalue weighted by Crippen LogP contribution is -1.93. The Labute approximate surface area is 64.9 Å². The molecule has 0 saturated heterocycles. The molecular weight excluding hydrogens is 146 g/mol. The molecule has 0 aliphatic heterocycles. The first-order valence-corrected chi connectivity index (χ1v) is 4.11. The van der Waals surface area contributed by atoms with Crippen LogP contribution in [0.1, 0.15) is 10.7 Å². The monoisotopic (exact) mass is 157 g/mol. The average Bonchev–Trinajstić information content (AvgIpc) is 2.31. The van der Waals surface area contributed by atoms with Gasteiger partial charge in [-0.3, -0.25) is 0 Å². The SMILES string of the molecule is COCCc1nc(C)cs1. The summed E-state index contributed by atoms with van der Waals surface area (Å²) in [5, 5.41) is 3.23. The second kappa shape index (κ2) is 3.68. The first-order valence-electron chi connectivity index (χ1n) is 3.23. The van der Waals surface area contributed by atoms with Crippen molar-refractivity contribution in [2.75, 3.05) is 13.7 Å². The molecule has 1 aromatic rings. The van der Waals surface area contributed by atoms with E-state index >= 15 is 0 Å². The van der Waals surface area contributed by atoms with E-state index < -0.39 is 0 Å². The zero-order valence-corrected chi connectivity index (χ0v) is 7.07. The van der Waals surface area contributed by atoms with Crippen molar-refractivity contribution in [3.63, 3.8) is 0 Å². The van der Waals surface area contributed by atoms with Crippen molar-refractivity contribution in [1.29, 1.82) is 0 Å². The highest BCUT2D eigenvalue weighted by Gasteiger charge is 1.95. The topological polar surface area (TPSA) is 22.1 Å². The average molecular weight is 157 g/mol. The van der Waals surface area contributed by atoms with E-state index in [0.29, 0.717) is 0 Å². The summed E-state index contributed by atoms with van der Waals surface area (Å²) in [6, 6.07) is 0. The summed E-state index contributed by atoms with van der Waals surface area (Å²) in [6.07, 6.45) is 0.939. The fraction of sp³-hybridized carbons (Fsp3) is 0.571. The highest BCUT2D eigenvalue weighted by Crippen LogP contribution is 2.08. The van der Waals surface area contributed by atoms with Crippen molar-refractivity contribution in [2.24, 2.45) is 0 Å². The van der Waals surface area contributed by atoms with E-state index in [4.69, 9.17) is 4.74 Å². The van der Waals surface area contributed by atoms with Crippen molar-refractivity contribution >= 4 is 11.3 Å². The molecule has 0 radical (unpaired) electrons. The van der Waals surface area contributed by atoms with Crippen LogP contribution in [0.5, 0.6) is 0 Å². The minimum absolute atomic E-state index is 0.771. The van der Waals surface area contributed by atoms with Crippen molar-refractivity contribution in [1.82, 2.24) is 4.98 Å². The number of aromatic nitrogens is 1. The van der Waals surface area contributed by atoms with E-state index in [9.17, 15) is 0 Å². The minimum atomic E-state index is 0.771. The van der Waals surface area contributed by atoms with Crippen LogP contribution in [0.25, 0.3) is 0 Å². The van der Waals surface area contributed by atoms with Crippen LogP contribution in [0.3, 0.4) is 0 Å². The number of ether oxygens (including phenoxy) is 1. The zero-order valence-electron chi connectivity index (χ0n) is 6.26. The van der Waals surface area contributed by atoms with Gasteiger partial charge in [-0.05, 0) is 6.92 Å². The summed E-state index contributed by atoms with van der Waals surface area (Å²) < 4.78 is 4.92. The van der Waals surface area contributed by atoms with Crippen LogP contribution in [-0.2, 0) is 11.2 Å². The molecule has 0 spiro atoms. The third-order valence-electron chi connectivity index (χ3n) is 1.19. The second-order valence-electron chi connectivity index (χ2n) is 2.13. The maximum absolute atomic E-state index is 4.92. The third kappa shape index (κ3) is 2.08. The number of rotatable bonds is 3. The van der Waals surface area contributed by atoms with Crippen molar-refractivity contribution in [2.45, 2.75) is 13.3 Å². The molecule has 0 fully saturated rings. The van der Waals surface area contributed by atoms with E-state index in [2.05, 4.69) is 10.4 Å². The molecule has 0 bridgehead atoms. The fourth-order valence-electron chi connectivity index (χ4n) is 0.707. The van der Waals surface area contributed by atoms with E-state index in [1.165, 1.54) is 5.01 Å². The first-order chi connectivity index (χ1) is 4.83. The maximum Gasteiger partial charge on any atom is 0.0951 e. The van der Waals surface area contributed by atoms with Crippen LogP contribution in [-0.4, -0.2) is 18.7 Å². The predicted molar refractivity (Wildman–Crippen MR) is 42.4 cm³/mol. The summed E-state index contributed by atoms with van der Waals surface area (Å²) in [6.45, 7) is 2.78. The lowest BCUT2D eigenvalue weighted by Gasteiger charge is -1.91. The first kappa shape index (κ1) is 7.69. The Morgan fingerprint density at radius 3 is 3.00 bits per heavy atom. The Balaban J connectivity index is 2.42. The van der Waals surface area contributed by atoms with Crippen LogP contribution in [0, 0.1) is 6.92 Å². The molecule has 0 amide bonds. The van der Waals surface area contributed by atoms with Gasteiger partial charge in [-0.1, -0.05) is 0 Å². The van der Waals surface area contributed by atoms with Crippen molar-refractivity contribution in [3.05, 3.63) is 16.1 Å². The Morgan fingerprint density at radius 2 is 2.50 bits per heavy atom. The summed E-state index contributed by atoms with van der Waals surface area (Å²) >= 11 is 1.70. The van der Waals surface area contributed by atoms with Crippen LogP contribution >= 0.6 is 11.3 Å². The lowest BCUT2D eigenvalue weighted by atomic mass is 10.5. The zero-order chi connectivity index (χ0) is 7.40. The number of hydrogen-bond donors (Lipinski definition) is 0. The molecule has 0 saturated carbocycles. The molecule has 3 heteroatoms. The molecule has 1 aromatic heterocycles. The molecule has 0 aliphatic carbocycles. The Hall–Kier alpha value is -0.410. The smallest absolute Gasteiger partial charge is 0.0951 e. The molecule has 0 aliphatic rings. The van der Waals surface area contributed by atoms with Gasteiger partial charge in [0.1, 0.15) is 0 Å². The van der Waals surface area contributed by atoms with Gasteiger partial charge in [0.15, 0.2) is 0 Å². The molecule has 1 heterocycles. The van der Waals surface area contributed by atoms with Gasteiger partial charge in [0.2, 0.25) is 0 Å². The summed E-state index contributed by atoms with van der Waals surface area (Å²) in [4.78, 5) is 4.29. The van der Waals surface area contributed by atoms with E-state index in [1.807, 2.05) is 6.92 Å². The van der Waals surface area contributed by atoms with Crippen LogP contribution in [0.15, 0.2) is 5.38 Å². The summed E-state index contributed by atoms with van der Waals surface area (Å²) in [7, 11) is 1.71. The third-order valence-corrected chi connectivity index (χ3v) is 2.21. The lowest BCUT2D eigenvalue weighted by molar-refractivity contribution is 0.202. The number of nitrogens with zero attached hydrogens (tertiary/aromatic N) is 1. The second-order valence-corrected chi connectivity index (χ2v) is 3.07. The van der Waals surface area contributed by atoms with Crippen molar-refractivity contribution < 1.29 is 4.74 Å². The normalized spacial score (nSPS) is 10.2. The van der Waals surface area contributed by atoms with Gasteiger partial charge in [0, 0.05) is 24.6 Å². The van der Waals surface area contributed by atoms with Gasteiger partial charge < -0.3 is 4.74 Å². The molecular formula is C7H11NOS. The van der Waals surface area contributed by atoms with Crippen LogP contribution < -0.4 is 0 Å². The van der Waals surface area contributed by atoms with E-state index in [0.717, 1.165) is 18.7 Å². The predicted octanol–water partition coefficient (Wildman–Crippen LogP) is 1.64. The van der Waals surface area contributed by atoms with Crippen LogP contribution in [0.2, 0.25) is 0 Å². The standard InChI is InChI=1S/C7H11NOS/c1-6-5-10-7(8-6)3-4-9-2/h5H,3-4H2,1-2H3. The summed E-state index contributed by atoms with van der Waals surface area (Å²) in [5.74, 6) is 0. The fourth-order valence-corrected chi connectivity index (χ4v) is 1.46. The van der Waals surface area contributed by atoms with E-state index in [1.54, 1.807) is 18.4 Å². The molecule has 0 aromatic carbocycles. The Morgan fingerprint density at radius 1 is 1.70 bits per heavy atom. The molecule has 0 unspecified atom stereocenters. The molecule has 2 nitrogen and oxygen atoms in total. The van der Waals surface area contributed by atoms with Gasteiger partial charge in [-0.25, -0.2) is 4.98 Å². The molecule has 56 valence electrons. The molecule has 10 heavy (non-hydrogen) atoms. The highest BCUT2D eigenvalue weighted by atomic mass is 32.1. The number of hydrogen-bond acceptors (Lipinski definition) is 3. The highest BCUT2D eigenvalue weighted by molar-refractivity contribution is 7.09. The van der Waals surface area contributed by atoms with E-state index in [-0.39, 0.29) is 0 Å². The number of thiazole rings is 1. The molecule has 0 atom stereocenters. The van der Waals surface area contributed by atoms with Crippen LogP contribution in [0.4, 0.5) is 0 Å². The quantitative estimate of drug-likeness (QED) is 0.665. The number of methoxy groups -OCH3 is 1. The van der Waals surface area contributed by atoms with Gasteiger partial charge in [0.25, 0.3) is 0 Å². The van der Waals surface area contributed by atoms with Gasteiger partial charge >= 0.3 is 0 Å².